The molecule has 1 heterocycles. The van der Waals surface area contributed by atoms with Crippen molar-refractivity contribution in [3.63, 3.8) is 0 Å². The molecule has 0 atom stereocenters. The Morgan fingerprint density at radius 2 is 2.39 bits per heavy atom. The summed E-state index contributed by atoms with van der Waals surface area (Å²) < 4.78 is 5.20. The van der Waals surface area contributed by atoms with Crippen LogP contribution in [0.3, 0.4) is 0 Å². The zero-order valence-corrected chi connectivity index (χ0v) is 10.8. The molecule has 18 heavy (non-hydrogen) atoms. The highest BCUT2D eigenvalue weighted by Crippen LogP contribution is 2.29. The second kappa shape index (κ2) is 6.02. The smallest absolute Gasteiger partial charge is 0.301 e. The van der Waals surface area contributed by atoms with Crippen LogP contribution in [0.15, 0.2) is 16.7 Å². The van der Waals surface area contributed by atoms with E-state index in [1.165, 1.54) is 25.7 Å². The molecule has 1 amide bonds. The van der Waals surface area contributed by atoms with Gasteiger partial charge < -0.3 is 4.42 Å². The molecule has 0 unspecified atom stereocenters. The first-order chi connectivity index (χ1) is 8.76. The lowest BCUT2D eigenvalue weighted by molar-refractivity contribution is 0.0922. The van der Waals surface area contributed by atoms with Crippen molar-refractivity contribution in [2.24, 2.45) is 5.84 Å². The molecular weight excluding hydrogens is 230 g/mol. The number of nitrogens with zero attached hydrogens (tertiary/aromatic N) is 1. The average Bonchev–Trinajstić information content (AvgIpc) is 3.13. The molecule has 0 aliphatic heterocycles. The van der Waals surface area contributed by atoms with Crippen LogP contribution in [0.5, 0.6) is 0 Å². The number of rotatable bonds is 7. The van der Waals surface area contributed by atoms with Crippen molar-refractivity contribution in [1.29, 1.82) is 0 Å². The molecule has 0 spiro atoms. The first kappa shape index (κ1) is 13.1. The molecule has 5 nitrogen and oxygen atoms in total. The van der Waals surface area contributed by atoms with Crippen LogP contribution in [0.1, 0.15) is 48.7 Å². The summed E-state index contributed by atoms with van der Waals surface area (Å²) in [6, 6.07) is 2.53. The number of nitrogens with one attached hydrogen (secondary N) is 1. The van der Waals surface area contributed by atoms with Crippen LogP contribution in [-0.4, -0.2) is 23.4 Å². The summed E-state index contributed by atoms with van der Waals surface area (Å²) in [4.78, 5) is 14.0. The zero-order chi connectivity index (χ0) is 13.0. The number of furan rings is 1. The Hall–Kier alpha value is -1.33. The van der Waals surface area contributed by atoms with Crippen molar-refractivity contribution in [1.82, 2.24) is 10.3 Å². The Morgan fingerprint density at radius 3 is 3.00 bits per heavy atom. The average molecular weight is 251 g/mol. The van der Waals surface area contributed by atoms with Crippen LogP contribution >= 0.6 is 0 Å². The number of carbonyl (C=O) groups is 1. The van der Waals surface area contributed by atoms with Crippen LogP contribution in [0.4, 0.5) is 0 Å². The maximum atomic E-state index is 11.5. The SMILES string of the molecule is CCCCN(Cc1ccoc1C(=O)NN)C1CC1. The standard InChI is InChI=1S/C13H21N3O2/c1-2-3-7-16(11-4-5-11)9-10-6-8-18-12(10)13(17)15-14/h6,8,11H,2-5,7,9,14H2,1H3,(H,15,17). The minimum Gasteiger partial charge on any atom is -0.459 e. The second-order valence-electron chi connectivity index (χ2n) is 4.80. The molecule has 0 bridgehead atoms. The van der Waals surface area contributed by atoms with Gasteiger partial charge in [-0.15, -0.1) is 0 Å². The number of nitrogen functional groups attached to an aromatic ring is 1. The maximum absolute atomic E-state index is 11.5. The van der Waals surface area contributed by atoms with Crippen molar-refractivity contribution in [2.75, 3.05) is 6.54 Å². The van der Waals surface area contributed by atoms with E-state index in [1.807, 2.05) is 6.07 Å². The maximum Gasteiger partial charge on any atom is 0.301 e. The number of unbranched alkanes of at least 4 members (excludes halogenated alkanes) is 1. The van der Waals surface area contributed by atoms with E-state index >= 15 is 0 Å². The third-order valence-corrected chi connectivity index (χ3v) is 3.32. The first-order valence-corrected chi connectivity index (χ1v) is 6.57. The molecule has 2 rings (SSSR count). The normalized spacial score (nSPS) is 15.1. The van der Waals surface area contributed by atoms with Gasteiger partial charge in [0.15, 0.2) is 5.76 Å². The fourth-order valence-electron chi connectivity index (χ4n) is 2.14. The van der Waals surface area contributed by atoms with Gasteiger partial charge in [0.05, 0.1) is 6.26 Å². The molecule has 0 saturated heterocycles. The van der Waals surface area contributed by atoms with Gasteiger partial charge in [-0.2, -0.15) is 0 Å². The van der Waals surface area contributed by atoms with Gasteiger partial charge in [0.1, 0.15) is 0 Å². The predicted octanol–water partition coefficient (Wildman–Crippen LogP) is 1.65. The highest BCUT2D eigenvalue weighted by atomic mass is 16.3. The number of carbonyl (C=O) groups excluding carboxylic acids is 1. The van der Waals surface area contributed by atoms with E-state index in [0.717, 1.165) is 18.7 Å². The van der Waals surface area contributed by atoms with Crippen LogP contribution in [-0.2, 0) is 6.54 Å². The summed E-state index contributed by atoms with van der Waals surface area (Å²) in [7, 11) is 0. The number of hydrogen-bond acceptors (Lipinski definition) is 4. The van der Waals surface area contributed by atoms with Crippen LogP contribution in [0.25, 0.3) is 0 Å². The van der Waals surface area contributed by atoms with Gasteiger partial charge in [0.2, 0.25) is 0 Å². The molecule has 1 aliphatic carbocycles. The summed E-state index contributed by atoms with van der Waals surface area (Å²) >= 11 is 0. The first-order valence-electron chi connectivity index (χ1n) is 6.57. The van der Waals surface area contributed by atoms with Gasteiger partial charge in [0.25, 0.3) is 0 Å². The highest BCUT2D eigenvalue weighted by Gasteiger charge is 2.29. The van der Waals surface area contributed by atoms with Crippen LogP contribution in [0.2, 0.25) is 0 Å². The minimum atomic E-state index is -0.360. The number of hydrazine groups is 1. The summed E-state index contributed by atoms with van der Waals surface area (Å²) in [6.45, 7) is 4.04. The molecule has 100 valence electrons. The molecule has 1 aliphatic rings. The van der Waals surface area contributed by atoms with Gasteiger partial charge >= 0.3 is 5.91 Å². The van der Waals surface area contributed by atoms with Crippen molar-refractivity contribution < 1.29 is 9.21 Å². The Labute approximate surface area is 107 Å². The topological polar surface area (TPSA) is 71.5 Å². The zero-order valence-electron chi connectivity index (χ0n) is 10.8. The number of hydrogen-bond donors (Lipinski definition) is 2. The van der Waals surface area contributed by atoms with E-state index in [9.17, 15) is 4.79 Å². The third kappa shape index (κ3) is 3.11. The molecule has 0 aromatic carbocycles. The second-order valence-corrected chi connectivity index (χ2v) is 4.80. The Bertz CT molecular complexity index is 399. The number of amides is 1. The molecule has 1 aromatic heterocycles. The van der Waals surface area contributed by atoms with E-state index in [-0.39, 0.29) is 5.91 Å². The van der Waals surface area contributed by atoms with Crippen molar-refractivity contribution in [3.05, 3.63) is 23.7 Å². The minimum absolute atomic E-state index is 0.333. The van der Waals surface area contributed by atoms with E-state index in [0.29, 0.717) is 11.8 Å². The van der Waals surface area contributed by atoms with Crippen molar-refractivity contribution in [3.8, 4) is 0 Å². The summed E-state index contributed by atoms with van der Waals surface area (Å²) in [5, 5.41) is 0. The van der Waals surface area contributed by atoms with E-state index in [1.54, 1.807) is 6.26 Å². The summed E-state index contributed by atoms with van der Waals surface area (Å²) in [5.41, 5.74) is 3.04. The van der Waals surface area contributed by atoms with Gasteiger partial charge in [-0.1, -0.05) is 13.3 Å². The van der Waals surface area contributed by atoms with E-state index in [4.69, 9.17) is 10.3 Å². The Kier molecular flexibility index (Phi) is 4.38. The molecule has 5 heteroatoms. The molecular formula is C13H21N3O2. The fraction of sp³-hybridized carbons (Fsp3) is 0.615. The lowest BCUT2D eigenvalue weighted by Gasteiger charge is -2.21. The Balaban J connectivity index is 2.01. The molecule has 0 radical (unpaired) electrons. The fourth-order valence-corrected chi connectivity index (χ4v) is 2.14. The molecule has 1 fully saturated rings. The van der Waals surface area contributed by atoms with E-state index < -0.39 is 0 Å². The van der Waals surface area contributed by atoms with Crippen molar-refractivity contribution in [2.45, 2.75) is 45.2 Å². The lowest BCUT2D eigenvalue weighted by Crippen LogP contribution is -2.32. The largest absolute Gasteiger partial charge is 0.459 e. The van der Waals surface area contributed by atoms with E-state index in [2.05, 4.69) is 17.2 Å². The highest BCUT2D eigenvalue weighted by molar-refractivity contribution is 5.92. The summed E-state index contributed by atoms with van der Waals surface area (Å²) in [5.74, 6) is 5.12. The third-order valence-electron chi connectivity index (χ3n) is 3.32. The lowest BCUT2D eigenvalue weighted by atomic mass is 10.2. The Morgan fingerprint density at radius 1 is 1.61 bits per heavy atom. The molecule has 1 aromatic rings. The quantitative estimate of drug-likeness (QED) is 0.439. The van der Waals surface area contributed by atoms with Gasteiger partial charge in [-0.3, -0.25) is 15.1 Å². The van der Waals surface area contributed by atoms with Crippen molar-refractivity contribution >= 4 is 5.91 Å². The molecule has 3 N–H and O–H groups in total. The van der Waals surface area contributed by atoms with Gasteiger partial charge in [-0.05, 0) is 31.9 Å². The molecule has 1 saturated carbocycles. The van der Waals surface area contributed by atoms with Crippen LogP contribution < -0.4 is 11.3 Å². The van der Waals surface area contributed by atoms with Crippen LogP contribution in [0, 0.1) is 0 Å². The monoisotopic (exact) mass is 251 g/mol. The predicted molar refractivity (Wildman–Crippen MR) is 68.7 cm³/mol. The van der Waals surface area contributed by atoms with Gasteiger partial charge in [0, 0.05) is 18.2 Å². The number of nitrogens with two attached hydrogens (primary N) is 1. The summed E-state index contributed by atoms with van der Waals surface area (Å²) in [6.07, 6.45) is 6.45. The van der Waals surface area contributed by atoms with Gasteiger partial charge in [-0.25, -0.2) is 5.84 Å².